The molecule has 0 fully saturated rings. The summed E-state index contributed by atoms with van der Waals surface area (Å²) in [5.41, 5.74) is 3.95. The second kappa shape index (κ2) is 5.80. The molecular formula is C17H22N2O. The standard InChI is InChI=1S/C17H22N2O/c1-3-9-18-17(14-8-11-20-12(14)2)15-7-6-13-5-4-10-19-16(13)15/h4-5,8,10-11,15,17-18H,3,6-7,9H2,1-2H3. The minimum absolute atomic E-state index is 0.310. The molecule has 2 atom stereocenters. The topological polar surface area (TPSA) is 38.1 Å². The maximum atomic E-state index is 5.51. The van der Waals surface area contributed by atoms with Crippen LogP contribution in [0.5, 0.6) is 0 Å². The van der Waals surface area contributed by atoms with Crippen LogP contribution in [0.25, 0.3) is 0 Å². The molecule has 0 bridgehead atoms. The number of fused-ring (bicyclic) bond motifs is 1. The Kier molecular flexibility index (Phi) is 3.88. The van der Waals surface area contributed by atoms with Crippen molar-refractivity contribution in [1.29, 1.82) is 0 Å². The van der Waals surface area contributed by atoms with E-state index in [9.17, 15) is 0 Å². The van der Waals surface area contributed by atoms with Crippen molar-refractivity contribution < 1.29 is 4.42 Å². The molecule has 0 radical (unpaired) electrons. The van der Waals surface area contributed by atoms with E-state index in [4.69, 9.17) is 4.42 Å². The van der Waals surface area contributed by atoms with Gasteiger partial charge in [0.2, 0.25) is 0 Å². The predicted molar refractivity (Wildman–Crippen MR) is 79.8 cm³/mol. The second-order valence-electron chi connectivity index (χ2n) is 5.56. The van der Waals surface area contributed by atoms with Gasteiger partial charge in [-0.05, 0) is 50.4 Å². The van der Waals surface area contributed by atoms with Gasteiger partial charge in [-0.15, -0.1) is 0 Å². The summed E-state index contributed by atoms with van der Waals surface area (Å²) in [7, 11) is 0. The smallest absolute Gasteiger partial charge is 0.105 e. The van der Waals surface area contributed by atoms with Crippen LogP contribution in [0.3, 0.4) is 0 Å². The van der Waals surface area contributed by atoms with Crippen LogP contribution in [0.2, 0.25) is 0 Å². The Bertz CT molecular complexity index is 576. The van der Waals surface area contributed by atoms with E-state index in [1.165, 1.54) is 23.2 Å². The van der Waals surface area contributed by atoms with Gasteiger partial charge in [-0.3, -0.25) is 4.98 Å². The largest absolute Gasteiger partial charge is 0.469 e. The molecule has 2 heterocycles. The second-order valence-corrected chi connectivity index (χ2v) is 5.56. The van der Waals surface area contributed by atoms with Crippen LogP contribution in [0.1, 0.15) is 54.3 Å². The summed E-state index contributed by atoms with van der Waals surface area (Å²) in [5, 5.41) is 3.70. The average Bonchev–Trinajstić information content (AvgIpc) is 3.07. The first-order chi connectivity index (χ1) is 9.81. The summed E-state index contributed by atoms with van der Waals surface area (Å²) in [6, 6.07) is 6.66. The summed E-state index contributed by atoms with van der Waals surface area (Å²) in [4.78, 5) is 4.64. The van der Waals surface area contributed by atoms with Gasteiger partial charge in [-0.25, -0.2) is 0 Å². The molecule has 0 aromatic carbocycles. The van der Waals surface area contributed by atoms with Gasteiger partial charge in [0.25, 0.3) is 0 Å². The van der Waals surface area contributed by atoms with Crippen molar-refractivity contribution in [3.05, 3.63) is 53.2 Å². The number of hydrogen-bond donors (Lipinski definition) is 1. The fourth-order valence-corrected chi connectivity index (χ4v) is 3.25. The van der Waals surface area contributed by atoms with E-state index < -0.39 is 0 Å². The third-order valence-corrected chi connectivity index (χ3v) is 4.25. The van der Waals surface area contributed by atoms with E-state index in [1.54, 1.807) is 6.26 Å². The maximum absolute atomic E-state index is 5.51. The van der Waals surface area contributed by atoms with E-state index in [0.717, 1.165) is 25.1 Å². The molecule has 106 valence electrons. The van der Waals surface area contributed by atoms with Gasteiger partial charge in [0.1, 0.15) is 5.76 Å². The Labute approximate surface area is 120 Å². The van der Waals surface area contributed by atoms with Crippen LogP contribution in [0, 0.1) is 6.92 Å². The first kappa shape index (κ1) is 13.4. The number of rotatable bonds is 5. The number of nitrogens with one attached hydrogen (secondary N) is 1. The van der Waals surface area contributed by atoms with Gasteiger partial charge in [-0.1, -0.05) is 13.0 Å². The van der Waals surface area contributed by atoms with Crippen molar-refractivity contribution in [2.75, 3.05) is 6.54 Å². The molecule has 2 unspecified atom stereocenters. The van der Waals surface area contributed by atoms with Crippen LogP contribution < -0.4 is 5.32 Å². The summed E-state index contributed by atoms with van der Waals surface area (Å²) >= 11 is 0. The Balaban J connectivity index is 1.93. The number of aromatic nitrogens is 1. The lowest BCUT2D eigenvalue weighted by atomic mass is 9.91. The molecular weight excluding hydrogens is 248 g/mol. The molecule has 0 amide bonds. The van der Waals surface area contributed by atoms with Crippen molar-refractivity contribution in [3.63, 3.8) is 0 Å². The van der Waals surface area contributed by atoms with E-state index >= 15 is 0 Å². The predicted octanol–water partition coefficient (Wildman–Crippen LogP) is 3.75. The van der Waals surface area contributed by atoms with Crippen molar-refractivity contribution >= 4 is 0 Å². The third-order valence-electron chi connectivity index (χ3n) is 4.25. The van der Waals surface area contributed by atoms with Gasteiger partial charge in [0.05, 0.1) is 6.26 Å². The number of hydrogen-bond acceptors (Lipinski definition) is 3. The Morgan fingerprint density at radius 1 is 1.45 bits per heavy atom. The van der Waals surface area contributed by atoms with E-state index in [-0.39, 0.29) is 0 Å². The number of furan rings is 1. The quantitative estimate of drug-likeness (QED) is 0.899. The van der Waals surface area contributed by atoms with Crippen molar-refractivity contribution in [1.82, 2.24) is 10.3 Å². The molecule has 3 rings (SSSR count). The lowest BCUT2D eigenvalue weighted by Crippen LogP contribution is -2.27. The normalized spacial score (nSPS) is 19.0. The summed E-state index contributed by atoms with van der Waals surface area (Å²) in [6.45, 7) is 5.27. The highest BCUT2D eigenvalue weighted by atomic mass is 16.3. The molecule has 1 aliphatic carbocycles. The van der Waals surface area contributed by atoms with Gasteiger partial charge in [0, 0.05) is 29.4 Å². The molecule has 3 nitrogen and oxygen atoms in total. The fraction of sp³-hybridized carbons (Fsp3) is 0.471. The van der Waals surface area contributed by atoms with Gasteiger partial charge in [0.15, 0.2) is 0 Å². The van der Waals surface area contributed by atoms with E-state index in [1.807, 2.05) is 19.2 Å². The van der Waals surface area contributed by atoms with Crippen LogP contribution in [-0.2, 0) is 6.42 Å². The monoisotopic (exact) mass is 270 g/mol. The molecule has 2 aromatic rings. The number of pyridine rings is 1. The number of nitrogens with zero attached hydrogens (tertiary/aromatic N) is 1. The Morgan fingerprint density at radius 2 is 2.35 bits per heavy atom. The molecule has 2 aromatic heterocycles. The van der Waals surface area contributed by atoms with Gasteiger partial charge < -0.3 is 9.73 Å². The van der Waals surface area contributed by atoms with Crippen molar-refractivity contribution in [3.8, 4) is 0 Å². The maximum Gasteiger partial charge on any atom is 0.105 e. The SMILES string of the molecule is CCCNC(c1ccoc1C)C1CCc2cccnc21. The van der Waals surface area contributed by atoms with Crippen LogP contribution >= 0.6 is 0 Å². The molecule has 0 aliphatic heterocycles. The summed E-state index contributed by atoms with van der Waals surface area (Å²) in [5.74, 6) is 1.47. The minimum Gasteiger partial charge on any atom is -0.469 e. The van der Waals surface area contributed by atoms with Gasteiger partial charge in [-0.2, -0.15) is 0 Å². The first-order valence-electron chi connectivity index (χ1n) is 7.52. The molecule has 1 aliphatic rings. The zero-order chi connectivity index (χ0) is 13.9. The third kappa shape index (κ3) is 2.38. The summed E-state index contributed by atoms with van der Waals surface area (Å²) < 4.78 is 5.51. The highest BCUT2D eigenvalue weighted by Crippen LogP contribution is 2.41. The van der Waals surface area contributed by atoms with E-state index in [2.05, 4.69) is 29.4 Å². The van der Waals surface area contributed by atoms with Crippen LogP contribution in [-0.4, -0.2) is 11.5 Å². The summed E-state index contributed by atoms with van der Waals surface area (Å²) in [6.07, 6.45) is 7.14. The highest BCUT2D eigenvalue weighted by molar-refractivity contribution is 5.34. The van der Waals surface area contributed by atoms with E-state index in [0.29, 0.717) is 12.0 Å². The van der Waals surface area contributed by atoms with Crippen LogP contribution in [0.15, 0.2) is 35.1 Å². The molecule has 0 saturated heterocycles. The molecule has 20 heavy (non-hydrogen) atoms. The molecule has 3 heteroatoms. The van der Waals surface area contributed by atoms with Gasteiger partial charge >= 0.3 is 0 Å². The Morgan fingerprint density at radius 3 is 3.10 bits per heavy atom. The average molecular weight is 270 g/mol. The lowest BCUT2D eigenvalue weighted by Gasteiger charge is -2.25. The zero-order valence-corrected chi connectivity index (χ0v) is 12.2. The Hall–Kier alpha value is -1.61. The molecule has 0 saturated carbocycles. The van der Waals surface area contributed by atoms with Crippen LogP contribution in [0.4, 0.5) is 0 Å². The lowest BCUT2D eigenvalue weighted by molar-refractivity contribution is 0.426. The first-order valence-corrected chi connectivity index (χ1v) is 7.52. The molecule has 1 N–H and O–H groups in total. The minimum atomic E-state index is 0.310. The fourth-order valence-electron chi connectivity index (χ4n) is 3.25. The number of aryl methyl sites for hydroxylation is 2. The van der Waals surface area contributed by atoms with Crippen molar-refractivity contribution in [2.24, 2.45) is 0 Å². The highest BCUT2D eigenvalue weighted by Gasteiger charge is 2.32. The zero-order valence-electron chi connectivity index (χ0n) is 12.2. The molecule has 0 spiro atoms. The van der Waals surface area contributed by atoms with Crippen molar-refractivity contribution in [2.45, 2.75) is 45.1 Å².